The van der Waals surface area contributed by atoms with Gasteiger partial charge in [-0.3, -0.25) is 10.1 Å². The van der Waals surface area contributed by atoms with Crippen molar-refractivity contribution >= 4 is 11.9 Å². The van der Waals surface area contributed by atoms with Gasteiger partial charge in [0.2, 0.25) is 5.95 Å². The fourth-order valence-electron chi connectivity index (χ4n) is 1.38. The maximum atomic E-state index is 13.4. The van der Waals surface area contributed by atoms with E-state index in [1.165, 1.54) is 26.4 Å². The van der Waals surface area contributed by atoms with E-state index < -0.39 is 11.7 Å². The standard InChI is InChI=1S/C11H11FN4O3/c1-18-8-4-3-6(5-7(8)12)9(17)13-10-14-11(19-2)16-15-10/h3-5H,1-2H3,(H2,13,14,15,16,17). The van der Waals surface area contributed by atoms with Gasteiger partial charge in [-0.2, -0.15) is 4.98 Å². The van der Waals surface area contributed by atoms with Crippen LogP contribution in [0.25, 0.3) is 0 Å². The number of rotatable bonds is 4. The van der Waals surface area contributed by atoms with Crippen LogP contribution in [0.1, 0.15) is 10.4 Å². The van der Waals surface area contributed by atoms with Crippen molar-refractivity contribution in [3.05, 3.63) is 29.6 Å². The first-order valence-electron chi connectivity index (χ1n) is 5.25. The predicted molar refractivity (Wildman–Crippen MR) is 63.8 cm³/mol. The first-order valence-corrected chi connectivity index (χ1v) is 5.25. The van der Waals surface area contributed by atoms with Crippen LogP contribution in [-0.2, 0) is 0 Å². The minimum Gasteiger partial charge on any atom is -0.494 e. The Morgan fingerprint density at radius 1 is 1.37 bits per heavy atom. The quantitative estimate of drug-likeness (QED) is 0.868. The van der Waals surface area contributed by atoms with Crippen molar-refractivity contribution in [1.82, 2.24) is 15.2 Å². The molecule has 8 heteroatoms. The maximum absolute atomic E-state index is 13.4. The van der Waals surface area contributed by atoms with E-state index in [9.17, 15) is 9.18 Å². The minimum absolute atomic E-state index is 0.0675. The smallest absolute Gasteiger partial charge is 0.336 e. The van der Waals surface area contributed by atoms with Crippen LogP contribution in [0.4, 0.5) is 10.3 Å². The van der Waals surface area contributed by atoms with Gasteiger partial charge in [0, 0.05) is 5.56 Å². The Morgan fingerprint density at radius 2 is 2.16 bits per heavy atom. The Balaban J connectivity index is 2.13. The van der Waals surface area contributed by atoms with Crippen molar-refractivity contribution in [2.24, 2.45) is 0 Å². The number of aromatic nitrogens is 3. The number of hydrogen-bond acceptors (Lipinski definition) is 5. The fraction of sp³-hybridized carbons (Fsp3) is 0.182. The summed E-state index contributed by atoms with van der Waals surface area (Å²) in [6, 6.07) is 3.97. The van der Waals surface area contributed by atoms with Crippen molar-refractivity contribution in [2.75, 3.05) is 19.5 Å². The van der Waals surface area contributed by atoms with E-state index in [2.05, 4.69) is 20.5 Å². The van der Waals surface area contributed by atoms with Gasteiger partial charge < -0.3 is 9.47 Å². The normalized spacial score (nSPS) is 10.1. The maximum Gasteiger partial charge on any atom is 0.336 e. The second-order valence-electron chi connectivity index (χ2n) is 3.47. The Kier molecular flexibility index (Phi) is 3.60. The van der Waals surface area contributed by atoms with E-state index in [0.29, 0.717) is 0 Å². The highest BCUT2D eigenvalue weighted by Gasteiger charge is 2.12. The average molecular weight is 266 g/mol. The molecule has 1 amide bonds. The number of ether oxygens (including phenoxy) is 2. The molecule has 2 rings (SSSR count). The molecule has 0 bridgehead atoms. The molecule has 19 heavy (non-hydrogen) atoms. The van der Waals surface area contributed by atoms with Gasteiger partial charge in [-0.15, -0.1) is 5.10 Å². The Morgan fingerprint density at radius 3 is 2.74 bits per heavy atom. The monoisotopic (exact) mass is 266 g/mol. The number of hydrogen-bond donors (Lipinski definition) is 2. The predicted octanol–water partition coefficient (Wildman–Crippen LogP) is 1.21. The van der Waals surface area contributed by atoms with Crippen LogP contribution in [0.3, 0.4) is 0 Å². The Bertz CT molecular complexity index is 599. The highest BCUT2D eigenvalue weighted by atomic mass is 19.1. The molecule has 100 valence electrons. The molecule has 0 spiro atoms. The van der Waals surface area contributed by atoms with Gasteiger partial charge in [0.25, 0.3) is 5.91 Å². The van der Waals surface area contributed by atoms with Gasteiger partial charge in [-0.05, 0) is 18.2 Å². The first-order chi connectivity index (χ1) is 9.13. The molecule has 0 atom stereocenters. The van der Waals surface area contributed by atoms with Crippen LogP contribution in [0.15, 0.2) is 18.2 Å². The molecule has 0 saturated carbocycles. The van der Waals surface area contributed by atoms with Gasteiger partial charge >= 0.3 is 6.01 Å². The van der Waals surface area contributed by atoms with Crippen molar-refractivity contribution in [2.45, 2.75) is 0 Å². The molecular formula is C11H11FN4O3. The number of nitrogens with one attached hydrogen (secondary N) is 2. The summed E-state index contributed by atoms with van der Waals surface area (Å²) < 4.78 is 23.0. The molecule has 1 aromatic heterocycles. The number of anilines is 1. The molecule has 0 aliphatic heterocycles. The SMILES string of the molecule is COc1n[nH]c(NC(=O)c2ccc(OC)c(F)c2)n1. The molecule has 0 aliphatic carbocycles. The number of amides is 1. The van der Waals surface area contributed by atoms with Crippen molar-refractivity contribution in [3.63, 3.8) is 0 Å². The van der Waals surface area contributed by atoms with E-state index in [4.69, 9.17) is 9.47 Å². The summed E-state index contributed by atoms with van der Waals surface area (Å²) in [5.74, 6) is -0.971. The number of benzene rings is 1. The number of methoxy groups -OCH3 is 2. The summed E-state index contributed by atoms with van der Waals surface area (Å²) in [5, 5.41) is 8.54. The lowest BCUT2D eigenvalue weighted by Gasteiger charge is -2.04. The first kappa shape index (κ1) is 12.8. The molecule has 2 N–H and O–H groups in total. The van der Waals surface area contributed by atoms with E-state index in [1.54, 1.807) is 0 Å². The zero-order valence-corrected chi connectivity index (χ0v) is 10.2. The van der Waals surface area contributed by atoms with Gasteiger partial charge in [0.15, 0.2) is 11.6 Å². The van der Waals surface area contributed by atoms with Crippen LogP contribution in [0, 0.1) is 5.82 Å². The van der Waals surface area contributed by atoms with Crippen molar-refractivity contribution in [1.29, 1.82) is 0 Å². The molecule has 1 heterocycles. The summed E-state index contributed by atoms with van der Waals surface area (Å²) >= 11 is 0. The molecule has 0 radical (unpaired) electrons. The summed E-state index contributed by atoms with van der Waals surface area (Å²) in [5.41, 5.74) is 0.133. The molecule has 7 nitrogen and oxygen atoms in total. The van der Waals surface area contributed by atoms with Gasteiger partial charge in [-0.1, -0.05) is 0 Å². The van der Waals surface area contributed by atoms with E-state index in [-0.39, 0.29) is 23.3 Å². The second-order valence-corrected chi connectivity index (χ2v) is 3.47. The Labute approximate surface area is 107 Å². The molecule has 0 unspecified atom stereocenters. The van der Waals surface area contributed by atoms with Crippen LogP contribution in [0.5, 0.6) is 11.8 Å². The summed E-state index contributed by atoms with van der Waals surface area (Å²) in [4.78, 5) is 15.6. The topological polar surface area (TPSA) is 89.1 Å². The number of H-pyrrole nitrogens is 1. The van der Waals surface area contributed by atoms with Crippen molar-refractivity contribution < 1.29 is 18.7 Å². The lowest BCUT2D eigenvalue weighted by Crippen LogP contribution is -2.13. The van der Waals surface area contributed by atoms with Gasteiger partial charge in [0.1, 0.15) is 0 Å². The lowest BCUT2D eigenvalue weighted by atomic mass is 10.2. The van der Waals surface area contributed by atoms with Crippen molar-refractivity contribution in [3.8, 4) is 11.8 Å². The largest absolute Gasteiger partial charge is 0.494 e. The van der Waals surface area contributed by atoms with E-state index >= 15 is 0 Å². The summed E-state index contributed by atoms with van der Waals surface area (Å²) in [7, 11) is 2.74. The number of aromatic amines is 1. The minimum atomic E-state index is -0.620. The number of carbonyl (C=O) groups excluding carboxylic acids is 1. The zero-order chi connectivity index (χ0) is 13.8. The van der Waals surface area contributed by atoms with Gasteiger partial charge in [0.05, 0.1) is 14.2 Å². The molecular weight excluding hydrogens is 255 g/mol. The van der Waals surface area contributed by atoms with Crippen LogP contribution < -0.4 is 14.8 Å². The number of nitrogens with zero attached hydrogens (tertiary/aromatic N) is 2. The number of carbonyl (C=O) groups is 1. The molecule has 2 aromatic rings. The highest BCUT2D eigenvalue weighted by Crippen LogP contribution is 2.18. The highest BCUT2D eigenvalue weighted by molar-refractivity contribution is 6.03. The third-order valence-corrected chi connectivity index (χ3v) is 2.29. The van der Waals surface area contributed by atoms with Crippen LogP contribution in [-0.4, -0.2) is 35.3 Å². The average Bonchev–Trinajstić information content (AvgIpc) is 2.86. The van der Waals surface area contributed by atoms with Crippen LogP contribution >= 0.6 is 0 Å². The summed E-state index contributed by atoms with van der Waals surface area (Å²) in [6.45, 7) is 0. The van der Waals surface area contributed by atoms with E-state index in [1.807, 2.05) is 0 Å². The molecule has 1 aromatic carbocycles. The molecule has 0 aliphatic rings. The molecule has 0 fully saturated rings. The molecule has 0 saturated heterocycles. The third kappa shape index (κ3) is 2.79. The van der Waals surface area contributed by atoms with Gasteiger partial charge in [-0.25, -0.2) is 9.49 Å². The second kappa shape index (κ2) is 5.34. The summed E-state index contributed by atoms with van der Waals surface area (Å²) in [6.07, 6.45) is 0. The Hall–Kier alpha value is -2.64. The zero-order valence-electron chi connectivity index (χ0n) is 10.2. The van der Waals surface area contributed by atoms with E-state index in [0.717, 1.165) is 6.07 Å². The lowest BCUT2D eigenvalue weighted by molar-refractivity contribution is 0.102. The third-order valence-electron chi connectivity index (χ3n) is 2.29. The fourth-order valence-corrected chi connectivity index (χ4v) is 1.38. The van der Waals surface area contributed by atoms with Crippen LogP contribution in [0.2, 0.25) is 0 Å². The number of halogens is 1.